The number of ether oxygens (including phenoxy) is 3. The van der Waals surface area contributed by atoms with Gasteiger partial charge in [0.2, 0.25) is 0 Å². The van der Waals surface area contributed by atoms with Crippen LogP contribution in [-0.2, 0) is 12.8 Å². The minimum Gasteiger partial charge on any atom is -0.493 e. The molecule has 0 saturated carbocycles. The zero-order valence-corrected chi connectivity index (χ0v) is 18.2. The lowest BCUT2D eigenvalue weighted by Crippen LogP contribution is -2.21. The molecule has 0 bridgehead atoms. The lowest BCUT2D eigenvalue weighted by molar-refractivity contribution is 0.233. The predicted molar refractivity (Wildman–Crippen MR) is 120 cm³/mol. The molecular weight excluding hydrogens is 378 g/mol. The van der Waals surface area contributed by atoms with Gasteiger partial charge in [-0.25, -0.2) is 0 Å². The van der Waals surface area contributed by atoms with Crippen molar-refractivity contribution in [1.82, 2.24) is 0 Å². The number of unbranched alkanes of at least 4 members (excludes halogenated alkanes) is 1. The fourth-order valence-corrected chi connectivity index (χ4v) is 4.29. The van der Waals surface area contributed by atoms with Crippen LogP contribution in [0.3, 0.4) is 0 Å². The first-order valence-corrected chi connectivity index (χ1v) is 11.0. The number of hydrogen-bond acceptors (Lipinski definition) is 5. The lowest BCUT2D eigenvalue weighted by atomic mass is 9.81. The van der Waals surface area contributed by atoms with Crippen molar-refractivity contribution in [3.8, 4) is 17.2 Å². The number of rotatable bonds is 11. The normalized spacial score (nSPS) is 16.6. The first-order valence-electron chi connectivity index (χ1n) is 11.0. The molecule has 164 valence electrons. The Bertz CT molecular complexity index is 808. The Hall–Kier alpha value is -2.24. The summed E-state index contributed by atoms with van der Waals surface area (Å²) in [5, 5.41) is 9.02. The number of aryl methyl sites for hydroxylation is 1. The Kier molecular flexibility index (Phi) is 8.40. The van der Waals surface area contributed by atoms with Crippen molar-refractivity contribution in [3.63, 3.8) is 0 Å². The maximum absolute atomic E-state index is 9.02. The average molecular weight is 414 g/mol. The van der Waals surface area contributed by atoms with E-state index in [4.69, 9.17) is 25.1 Å². The number of benzene rings is 2. The van der Waals surface area contributed by atoms with Gasteiger partial charge in [0.25, 0.3) is 0 Å². The van der Waals surface area contributed by atoms with Crippen molar-refractivity contribution >= 4 is 0 Å². The molecule has 2 aromatic carbocycles. The third kappa shape index (κ3) is 5.67. The van der Waals surface area contributed by atoms with Gasteiger partial charge < -0.3 is 25.1 Å². The Balaban J connectivity index is 1.58. The third-order valence-corrected chi connectivity index (χ3v) is 6.12. The second kappa shape index (κ2) is 11.2. The highest BCUT2D eigenvalue weighted by Crippen LogP contribution is 2.33. The van der Waals surface area contributed by atoms with Gasteiger partial charge in [0.15, 0.2) is 11.5 Å². The van der Waals surface area contributed by atoms with E-state index in [-0.39, 0.29) is 6.61 Å². The number of fused-ring (bicyclic) bond motifs is 1. The van der Waals surface area contributed by atoms with Gasteiger partial charge in [-0.05, 0) is 79.3 Å². The first kappa shape index (κ1) is 22.4. The largest absolute Gasteiger partial charge is 0.493 e. The molecule has 1 aliphatic carbocycles. The van der Waals surface area contributed by atoms with Crippen LogP contribution < -0.4 is 19.9 Å². The van der Waals surface area contributed by atoms with Crippen molar-refractivity contribution in [3.05, 3.63) is 53.1 Å². The minimum absolute atomic E-state index is 0.258. The van der Waals surface area contributed by atoms with Gasteiger partial charge in [-0.15, -0.1) is 0 Å². The van der Waals surface area contributed by atoms with Crippen molar-refractivity contribution < 1.29 is 19.3 Å². The van der Waals surface area contributed by atoms with Gasteiger partial charge in [-0.1, -0.05) is 24.6 Å². The molecule has 0 aromatic heterocycles. The number of aliphatic hydroxyl groups is 1. The summed E-state index contributed by atoms with van der Waals surface area (Å²) < 4.78 is 16.7. The predicted octanol–water partition coefficient (Wildman–Crippen LogP) is 4.09. The van der Waals surface area contributed by atoms with Crippen LogP contribution in [0.1, 0.15) is 48.3 Å². The van der Waals surface area contributed by atoms with E-state index >= 15 is 0 Å². The summed E-state index contributed by atoms with van der Waals surface area (Å²) in [5.41, 5.74) is 10.2. The summed E-state index contributed by atoms with van der Waals surface area (Å²) in [6, 6.07) is 12.6. The van der Waals surface area contributed by atoms with Crippen molar-refractivity contribution in [2.24, 2.45) is 11.7 Å². The van der Waals surface area contributed by atoms with Gasteiger partial charge in [-0.2, -0.15) is 0 Å². The van der Waals surface area contributed by atoms with Crippen molar-refractivity contribution in [2.75, 3.05) is 34.0 Å². The number of hydrogen-bond donors (Lipinski definition) is 2. The molecule has 0 spiro atoms. The van der Waals surface area contributed by atoms with Crippen LogP contribution in [0.4, 0.5) is 0 Å². The number of nitrogens with two attached hydrogens (primary N) is 1. The molecule has 1 aliphatic rings. The van der Waals surface area contributed by atoms with Gasteiger partial charge in [-0.3, -0.25) is 0 Å². The summed E-state index contributed by atoms with van der Waals surface area (Å²) in [6.45, 7) is 1.61. The third-order valence-electron chi connectivity index (χ3n) is 6.12. The van der Waals surface area contributed by atoms with E-state index in [1.165, 1.54) is 16.7 Å². The molecule has 0 heterocycles. The number of aliphatic hydroxyl groups excluding tert-OH is 1. The van der Waals surface area contributed by atoms with E-state index in [0.29, 0.717) is 36.5 Å². The van der Waals surface area contributed by atoms with Gasteiger partial charge in [0.1, 0.15) is 5.75 Å². The highest BCUT2D eigenvalue weighted by atomic mass is 16.5. The van der Waals surface area contributed by atoms with E-state index in [1.807, 2.05) is 18.2 Å². The fraction of sp³-hybridized carbons (Fsp3) is 0.520. The summed E-state index contributed by atoms with van der Waals surface area (Å²) in [6.07, 6.45) is 6.16. The molecule has 0 radical (unpaired) electrons. The lowest BCUT2D eigenvalue weighted by Gasteiger charge is -2.26. The molecule has 0 unspecified atom stereocenters. The second-order valence-electron chi connectivity index (χ2n) is 8.12. The molecule has 0 amide bonds. The van der Waals surface area contributed by atoms with Crippen LogP contribution in [0.5, 0.6) is 17.2 Å². The van der Waals surface area contributed by atoms with Crippen molar-refractivity contribution in [1.29, 1.82) is 0 Å². The van der Waals surface area contributed by atoms with E-state index < -0.39 is 0 Å². The molecule has 0 aliphatic heterocycles. The smallest absolute Gasteiger partial charge is 0.164 e. The molecule has 0 fully saturated rings. The number of methoxy groups -OCH3 is 2. The van der Waals surface area contributed by atoms with E-state index in [1.54, 1.807) is 14.2 Å². The molecular formula is C25H35NO4. The Morgan fingerprint density at radius 3 is 2.60 bits per heavy atom. The van der Waals surface area contributed by atoms with Gasteiger partial charge in [0, 0.05) is 12.7 Å². The summed E-state index contributed by atoms with van der Waals surface area (Å²) >= 11 is 0. The maximum atomic E-state index is 9.02. The molecule has 30 heavy (non-hydrogen) atoms. The van der Waals surface area contributed by atoms with Crippen LogP contribution in [-0.4, -0.2) is 39.1 Å². The van der Waals surface area contributed by atoms with E-state index in [2.05, 4.69) is 18.2 Å². The second-order valence-corrected chi connectivity index (χ2v) is 8.12. The summed E-state index contributed by atoms with van der Waals surface area (Å²) in [5.74, 6) is 3.09. The quantitative estimate of drug-likeness (QED) is 0.543. The van der Waals surface area contributed by atoms with Crippen LogP contribution in [0.15, 0.2) is 36.4 Å². The topological polar surface area (TPSA) is 73.9 Å². The first-order chi connectivity index (χ1) is 14.7. The monoisotopic (exact) mass is 413 g/mol. The maximum Gasteiger partial charge on any atom is 0.164 e. The van der Waals surface area contributed by atoms with Crippen LogP contribution in [0, 0.1) is 5.92 Å². The molecule has 0 saturated heterocycles. The molecule has 2 aromatic rings. The molecule has 2 atom stereocenters. The molecule has 5 heteroatoms. The van der Waals surface area contributed by atoms with Crippen molar-refractivity contribution in [2.45, 2.75) is 44.4 Å². The van der Waals surface area contributed by atoms with Crippen LogP contribution >= 0.6 is 0 Å². The van der Waals surface area contributed by atoms with Gasteiger partial charge >= 0.3 is 0 Å². The summed E-state index contributed by atoms with van der Waals surface area (Å²) in [7, 11) is 3.27. The standard InChI is InChI=1S/C25H35NO4/c1-28-24-11-10-23(15-25(24)29-2)30-17-18-6-7-20-14-21(9-8-19(20)13-18)22(16-26)5-3-4-12-27/h8-11,14-15,18,22,27H,3-7,12-13,16-17,26H2,1-2H3/t18-,22+/m1/s1. The fourth-order valence-electron chi connectivity index (χ4n) is 4.29. The van der Waals surface area contributed by atoms with E-state index in [0.717, 1.165) is 44.3 Å². The van der Waals surface area contributed by atoms with Crippen LogP contribution in [0.25, 0.3) is 0 Å². The molecule has 3 N–H and O–H groups in total. The summed E-state index contributed by atoms with van der Waals surface area (Å²) in [4.78, 5) is 0. The average Bonchev–Trinajstić information content (AvgIpc) is 2.80. The minimum atomic E-state index is 0.258. The molecule has 3 rings (SSSR count). The molecule has 5 nitrogen and oxygen atoms in total. The zero-order valence-electron chi connectivity index (χ0n) is 18.2. The Labute approximate surface area is 180 Å². The van der Waals surface area contributed by atoms with Crippen LogP contribution in [0.2, 0.25) is 0 Å². The van der Waals surface area contributed by atoms with Gasteiger partial charge in [0.05, 0.1) is 20.8 Å². The SMILES string of the molecule is COc1ccc(OC[C@@H]2CCc3cc([C@H](CN)CCCCO)ccc3C2)cc1OC. The Morgan fingerprint density at radius 2 is 1.87 bits per heavy atom. The zero-order chi connectivity index (χ0) is 21.3. The highest BCUT2D eigenvalue weighted by Gasteiger charge is 2.21. The Morgan fingerprint density at radius 1 is 1.03 bits per heavy atom. The highest BCUT2D eigenvalue weighted by molar-refractivity contribution is 5.45. The van der Waals surface area contributed by atoms with E-state index in [9.17, 15) is 0 Å².